The number of amides is 1. The molecule has 0 spiro atoms. The summed E-state index contributed by atoms with van der Waals surface area (Å²) >= 11 is 0. The van der Waals surface area contributed by atoms with Crippen LogP contribution in [0.1, 0.15) is 44.4 Å². The minimum Gasteiger partial charge on any atom is -0.372 e. The summed E-state index contributed by atoms with van der Waals surface area (Å²) in [6.45, 7) is 5.86. The monoisotopic (exact) mass is 476 g/mol. The summed E-state index contributed by atoms with van der Waals surface area (Å²) in [6, 6.07) is 5.33. The number of nitrogens with one attached hydrogen (secondary N) is 2. The van der Waals surface area contributed by atoms with E-state index in [-0.39, 0.29) is 30.0 Å². The molecule has 4 rings (SSSR count). The lowest BCUT2D eigenvalue weighted by Crippen LogP contribution is -2.49. The van der Waals surface area contributed by atoms with Gasteiger partial charge in [-0.15, -0.1) is 0 Å². The number of alkyl halides is 3. The SMILES string of the molecule is Cc1nc(N[C@H]2CC[C@H](N(C)c3ccc(C(F)(F)F)cc3)C2)nc2c1NC(=O)[C@H](C(C)C)N2C. The Balaban J connectivity index is 1.45. The van der Waals surface area contributed by atoms with Gasteiger partial charge in [0.2, 0.25) is 11.9 Å². The molecule has 2 aromatic rings. The Morgan fingerprint density at radius 1 is 1.18 bits per heavy atom. The molecule has 1 aliphatic carbocycles. The Labute approximate surface area is 197 Å². The molecule has 1 aliphatic heterocycles. The van der Waals surface area contributed by atoms with Crippen molar-refractivity contribution in [2.75, 3.05) is 34.5 Å². The van der Waals surface area contributed by atoms with Crippen LogP contribution in [0.4, 0.5) is 36.3 Å². The second-order valence-corrected chi connectivity index (χ2v) is 9.58. The van der Waals surface area contributed by atoms with Crippen molar-refractivity contribution in [2.45, 2.75) is 64.3 Å². The second kappa shape index (κ2) is 8.96. The lowest BCUT2D eigenvalue weighted by atomic mass is 9.99. The lowest BCUT2D eigenvalue weighted by molar-refractivity contribution is -0.137. The zero-order valence-electron chi connectivity index (χ0n) is 20.1. The Hall–Kier alpha value is -3.04. The Kier molecular flexibility index (Phi) is 6.35. The van der Waals surface area contributed by atoms with Crippen molar-refractivity contribution in [3.63, 3.8) is 0 Å². The van der Waals surface area contributed by atoms with Crippen LogP contribution >= 0.6 is 0 Å². The van der Waals surface area contributed by atoms with Crippen molar-refractivity contribution in [1.82, 2.24) is 9.97 Å². The van der Waals surface area contributed by atoms with Crippen molar-refractivity contribution in [2.24, 2.45) is 5.92 Å². The maximum Gasteiger partial charge on any atom is 0.416 e. The Morgan fingerprint density at radius 2 is 1.85 bits per heavy atom. The van der Waals surface area contributed by atoms with E-state index in [1.807, 2.05) is 44.7 Å². The molecule has 2 aliphatic rings. The first-order valence-corrected chi connectivity index (χ1v) is 11.5. The van der Waals surface area contributed by atoms with Crippen molar-refractivity contribution < 1.29 is 18.0 Å². The average Bonchev–Trinajstić information content (AvgIpc) is 3.22. The van der Waals surface area contributed by atoms with Crippen LogP contribution < -0.4 is 20.4 Å². The molecule has 1 amide bonds. The number of likely N-dealkylation sites (N-methyl/N-ethyl adjacent to an activating group) is 1. The van der Waals surface area contributed by atoms with Crippen molar-refractivity contribution in [3.8, 4) is 0 Å². The number of halogens is 3. The molecule has 184 valence electrons. The highest BCUT2D eigenvalue weighted by molar-refractivity contribution is 6.03. The molecule has 1 aromatic heterocycles. The zero-order valence-corrected chi connectivity index (χ0v) is 20.1. The normalized spacial score (nSPS) is 22.6. The summed E-state index contributed by atoms with van der Waals surface area (Å²) in [7, 11) is 3.79. The van der Waals surface area contributed by atoms with Gasteiger partial charge in [-0.3, -0.25) is 4.79 Å². The number of carbonyl (C=O) groups excluding carboxylic acids is 1. The van der Waals surface area contributed by atoms with E-state index in [0.29, 0.717) is 23.1 Å². The molecule has 0 radical (unpaired) electrons. The summed E-state index contributed by atoms with van der Waals surface area (Å²) in [5.41, 5.74) is 1.46. The predicted molar refractivity (Wildman–Crippen MR) is 127 cm³/mol. The third kappa shape index (κ3) is 4.63. The van der Waals surface area contributed by atoms with Crippen LogP contribution in [0.5, 0.6) is 0 Å². The minimum absolute atomic E-state index is 0.0534. The number of carbonyl (C=O) groups is 1. The Bertz CT molecular complexity index is 1060. The quantitative estimate of drug-likeness (QED) is 0.653. The van der Waals surface area contributed by atoms with E-state index in [2.05, 4.69) is 15.6 Å². The van der Waals surface area contributed by atoms with E-state index in [1.165, 1.54) is 12.1 Å². The predicted octanol–water partition coefficient (Wildman–Crippen LogP) is 4.69. The van der Waals surface area contributed by atoms with Crippen LogP contribution in [0, 0.1) is 12.8 Å². The van der Waals surface area contributed by atoms with Crippen LogP contribution in [0.2, 0.25) is 0 Å². The summed E-state index contributed by atoms with van der Waals surface area (Å²) < 4.78 is 38.6. The number of hydrogen-bond acceptors (Lipinski definition) is 6. The first-order chi connectivity index (χ1) is 16.0. The largest absolute Gasteiger partial charge is 0.416 e. The van der Waals surface area contributed by atoms with E-state index >= 15 is 0 Å². The first kappa shape index (κ1) is 24.1. The van der Waals surface area contributed by atoms with Gasteiger partial charge in [-0.1, -0.05) is 13.8 Å². The number of benzene rings is 1. The van der Waals surface area contributed by atoms with Gasteiger partial charge in [0.05, 0.1) is 11.3 Å². The Morgan fingerprint density at radius 3 is 2.47 bits per heavy atom. The van der Waals surface area contributed by atoms with Gasteiger partial charge in [0.25, 0.3) is 0 Å². The number of aromatic nitrogens is 2. The van der Waals surface area contributed by atoms with E-state index in [9.17, 15) is 18.0 Å². The molecule has 10 heteroatoms. The van der Waals surface area contributed by atoms with Gasteiger partial charge >= 0.3 is 6.18 Å². The summed E-state index contributed by atoms with van der Waals surface area (Å²) in [4.78, 5) is 25.8. The van der Waals surface area contributed by atoms with Gasteiger partial charge in [0, 0.05) is 31.9 Å². The number of rotatable bonds is 5. The standard InChI is InChI=1S/C24H31F3N6O/c1-13(2)20-22(34)30-19-14(3)28-23(31-21(19)33(20)5)29-16-8-11-18(12-16)32(4)17-9-6-15(7-10-17)24(25,26)27/h6-7,9-10,13,16,18,20H,8,11-12H2,1-5H3,(H,30,34)(H,28,29,31)/t16-,18-,20-/m0/s1. The van der Waals surface area contributed by atoms with E-state index < -0.39 is 11.7 Å². The minimum atomic E-state index is -4.33. The fraction of sp³-hybridized carbons (Fsp3) is 0.542. The first-order valence-electron chi connectivity index (χ1n) is 11.5. The van der Waals surface area contributed by atoms with Crippen LogP contribution in [0.25, 0.3) is 0 Å². The van der Waals surface area contributed by atoms with Crippen molar-refractivity contribution in [3.05, 3.63) is 35.5 Å². The van der Waals surface area contributed by atoms with Gasteiger partial charge in [-0.2, -0.15) is 18.2 Å². The molecule has 0 saturated heterocycles. The second-order valence-electron chi connectivity index (χ2n) is 9.58. The van der Waals surface area contributed by atoms with E-state index in [0.717, 1.165) is 37.1 Å². The highest BCUT2D eigenvalue weighted by Crippen LogP contribution is 2.36. The molecule has 1 saturated carbocycles. The number of fused-ring (bicyclic) bond motifs is 1. The number of nitrogens with zero attached hydrogens (tertiary/aromatic N) is 4. The topological polar surface area (TPSA) is 73.4 Å². The highest BCUT2D eigenvalue weighted by atomic mass is 19.4. The summed E-state index contributed by atoms with van der Waals surface area (Å²) in [5, 5.41) is 6.39. The molecule has 34 heavy (non-hydrogen) atoms. The number of anilines is 4. The van der Waals surface area contributed by atoms with Crippen molar-refractivity contribution in [1.29, 1.82) is 0 Å². The van der Waals surface area contributed by atoms with Gasteiger partial charge in [-0.25, -0.2) is 4.98 Å². The van der Waals surface area contributed by atoms with E-state index in [1.54, 1.807) is 0 Å². The van der Waals surface area contributed by atoms with Crippen LogP contribution in [0.3, 0.4) is 0 Å². The van der Waals surface area contributed by atoms with E-state index in [4.69, 9.17) is 4.98 Å². The van der Waals surface area contributed by atoms with Gasteiger partial charge in [0.15, 0.2) is 5.82 Å². The smallest absolute Gasteiger partial charge is 0.372 e. The highest BCUT2D eigenvalue weighted by Gasteiger charge is 2.36. The molecular formula is C24H31F3N6O. The third-order valence-electron chi connectivity index (χ3n) is 6.86. The maximum atomic E-state index is 12.9. The molecule has 0 bridgehead atoms. The number of hydrogen-bond donors (Lipinski definition) is 2. The molecule has 1 fully saturated rings. The summed E-state index contributed by atoms with van der Waals surface area (Å²) in [6.07, 6.45) is -1.71. The molecule has 2 N–H and O–H groups in total. The van der Waals surface area contributed by atoms with Crippen molar-refractivity contribution >= 4 is 29.0 Å². The molecule has 7 nitrogen and oxygen atoms in total. The molecular weight excluding hydrogens is 445 g/mol. The zero-order chi connectivity index (χ0) is 24.8. The van der Waals surface area contributed by atoms with Gasteiger partial charge in [0.1, 0.15) is 11.7 Å². The molecule has 0 unspecified atom stereocenters. The fourth-order valence-electron chi connectivity index (χ4n) is 5.00. The van der Waals surface area contributed by atoms with Crippen LogP contribution in [-0.4, -0.2) is 48.1 Å². The fourth-order valence-corrected chi connectivity index (χ4v) is 5.00. The average molecular weight is 477 g/mol. The van der Waals surface area contributed by atoms with Gasteiger partial charge in [-0.05, 0) is 56.4 Å². The summed E-state index contributed by atoms with van der Waals surface area (Å²) in [5.74, 6) is 1.29. The van der Waals surface area contributed by atoms with Crippen LogP contribution in [-0.2, 0) is 11.0 Å². The third-order valence-corrected chi connectivity index (χ3v) is 6.86. The maximum absolute atomic E-state index is 12.9. The number of aryl methyl sites for hydroxylation is 1. The van der Waals surface area contributed by atoms with Crippen LogP contribution in [0.15, 0.2) is 24.3 Å². The molecule has 3 atom stereocenters. The van der Waals surface area contributed by atoms with Gasteiger partial charge < -0.3 is 20.4 Å². The molecule has 1 aromatic carbocycles. The lowest BCUT2D eigenvalue weighted by Gasteiger charge is -2.37. The molecule has 2 heterocycles.